The Labute approximate surface area is 104 Å². The van der Waals surface area contributed by atoms with E-state index in [1.165, 1.54) is 0 Å². The van der Waals surface area contributed by atoms with E-state index < -0.39 is 0 Å². The fourth-order valence-electron chi connectivity index (χ4n) is 1.78. The SMILES string of the molecule is Nc1nccc2ccc(Oc3ccncc3)cc12. The molecule has 2 heterocycles. The van der Waals surface area contributed by atoms with Gasteiger partial charge in [-0.05, 0) is 35.7 Å². The molecule has 0 radical (unpaired) electrons. The maximum atomic E-state index is 5.84. The van der Waals surface area contributed by atoms with Gasteiger partial charge >= 0.3 is 0 Å². The molecule has 0 fully saturated rings. The van der Waals surface area contributed by atoms with Crippen molar-refractivity contribution in [1.82, 2.24) is 9.97 Å². The minimum absolute atomic E-state index is 0.507. The summed E-state index contributed by atoms with van der Waals surface area (Å²) in [7, 11) is 0. The van der Waals surface area contributed by atoms with Crippen LogP contribution in [0.2, 0.25) is 0 Å². The van der Waals surface area contributed by atoms with Crippen molar-refractivity contribution in [3.63, 3.8) is 0 Å². The number of aromatic nitrogens is 2. The zero-order valence-corrected chi connectivity index (χ0v) is 9.58. The number of nitrogens with two attached hydrogens (primary N) is 1. The second-order valence-corrected chi connectivity index (χ2v) is 3.86. The molecule has 0 atom stereocenters. The van der Waals surface area contributed by atoms with Crippen LogP contribution in [0.15, 0.2) is 55.0 Å². The second kappa shape index (κ2) is 4.33. The Balaban J connectivity index is 2.01. The summed E-state index contributed by atoms with van der Waals surface area (Å²) in [6.07, 6.45) is 5.07. The van der Waals surface area contributed by atoms with E-state index >= 15 is 0 Å². The maximum Gasteiger partial charge on any atom is 0.131 e. The molecule has 0 aliphatic carbocycles. The largest absolute Gasteiger partial charge is 0.457 e. The van der Waals surface area contributed by atoms with Gasteiger partial charge in [0.05, 0.1) is 0 Å². The molecule has 0 aliphatic rings. The third-order valence-electron chi connectivity index (χ3n) is 2.65. The highest BCUT2D eigenvalue weighted by Crippen LogP contribution is 2.27. The summed E-state index contributed by atoms with van der Waals surface area (Å²) < 4.78 is 5.72. The van der Waals surface area contributed by atoms with Gasteiger partial charge in [0.1, 0.15) is 17.3 Å². The van der Waals surface area contributed by atoms with Gasteiger partial charge in [-0.15, -0.1) is 0 Å². The molecule has 0 aliphatic heterocycles. The average Bonchev–Trinajstić information content (AvgIpc) is 2.41. The van der Waals surface area contributed by atoms with Gasteiger partial charge in [0, 0.05) is 24.0 Å². The molecule has 0 spiro atoms. The Morgan fingerprint density at radius 1 is 0.889 bits per heavy atom. The van der Waals surface area contributed by atoms with E-state index in [4.69, 9.17) is 10.5 Å². The first-order chi connectivity index (χ1) is 8.83. The number of hydrogen-bond donors (Lipinski definition) is 1. The third kappa shape index (κ3) is 1.96. The van der Waals surface area contributed by atoms with Crippen LogP contribution in [-0.4, -0.2) is 9.97 Å². The van der Waals surface area contributed by atoms with E-state index in [0.29, 0.717) is 5.82 Å². The number of pyridine rings is 2. The summed E-state index contributed by atoms with van der Waals surface area (Å²) in [5.74, 6) is 1.98. The number of benzene rings is 1. The first-order valence-corrected chi connectivity index (χ1v) is 5.55. The van der Waals surface area contributed by atoms with Gasteiger partial charge in [-0.1, -0.05) is 6.07 Å². The fraction of sp³-hybridized carbons (Fsp3) is 0. The normalized spacial score (nSPS) is 10.4. The molecule has 4 heteroatoms. The Kier molecular flexibility index (Phi) is 2.53. The zero-order valence-electron chi connectivity index (χ0n) is 9.58. The van der Waals surface area contributed by atoms with Crippen LogP contribution in [0.25, 0.3) is 10.8 Å². The number of fused-ring (bicyclic) bond motifs is 1. The van der Waals surface area contributed by atoms with E-state index in [2.05, 4.69) is 9.97 Å². The van der Waals surface area contributed by atoms with E-state index in [1.807, 2.05) is 24.3 Å². The van der Waals surface area contributed by atoms with Crippen LogP contribution < -0.4 is 10.5 Å². The summed E-state index contributed by atoms with van der Waals surface area (Å²) in [6.45, 7) is 0. The Morgan fingerprint density at radius 2 is 1.72 bits per heavy atom. The number of ether oxygens (including phenoxy) is 1. The van der Waals surface area contributed by atoms with Gasteiger partial charge in [-0.3, -0.25) is 4.98 Å². The molecule has 0 bridgehead atoms. The molecule has 4 nitrogen and oxygen atoms in total. The molecule has 2 aromatic heterocycles. The van der Waals surface area contributed by atoms with Crippen LogP contribution in [0.3, 0.4) is 0 Å². The van der Waals surface area contributed by atoms with Crippen molar-refractivity contribution in [2.75, 3.05) is 5.73 Å². The fourth-order valence-corrected chi connectivity index (χ4v) is 1.78. The van der Waals surface area contributed by atoms with Crippen LogP contribution >= 0.6 is 0 Å². The van der Waals surface area contributed by atoms with Crippen molar-refractivity contribution in [3.05, 3.63) is 55.0 Å². The molecule has 18 heavy (non-hydrogen) atoms. The predicted octanol–water partition coefficient (Wildman–Crippen LogP) is 3.00. The first kappa shape index (κ1) is 10.5. The van der Waals surface area contributed by atoms with Gasteiger partial charge in [-0.2, -0.15) is 0 Å². The molecular weight excluding hydrogens is 226 g/mol. The summed E-state index contributed by atoms with van der Waals surface area (Å²) in [6, 6.07) is 11.3. The summed E-state index contributed by atoms with van der Waals surface area (Å²) in [5.41, 5.74) is 5.84. The number of nitrogen functional groups attached to an aromatic ring is 1. The molecule has 0 amide bonds. The lowest BCUT2D eigenvalue weighted by Gasteiger charge is -2.07. The van der Waals surface area contributed by atoms with Gasteiger partial charge in [0.25, 0.3) is 0 Å². The highest BCUT2D eigenvalue weighted by molar-refractivity contribution is 5.91. The highest BCUT2D eigenvalue weighted by atomic mass is 16.5. The molecule has 1 aromatic carbocycles. The average molecular weight is 237 g/mol. The number of anilines is 1. The van der Waals surface area contributed by atoms with E-state index in [1.54, 1.807) is 30.7 Å². The molecular formula is C14H11N3O. The zero-order chi connectivity index (χ0) is 12.4. The van der Waals surface area contributed by atoms with E-state index in [0.717, 1.165) is 22.3 Å². The van der Waals surface area contributed by atoms with Gasteiger partial charge in [0.15, 0.2) is 0 Å². The number of nitrogens with zero attached hydrogens (tertiary/aromatic N) is 2. The lowest BCUT2D eigenvalue weighted by molar-refractivity contribution is 0.482. The molecule has 0 unspecified atom stereocenters. The van der Waals surface area contributed by atoms with Crippen molar-refractivity contribution < 1.29 is 4.74 Å². The van der Waals surface area contributed by atoms with Crippen LogP contribution in [0.5, 0.6) is 11.5 Å². The van der Waals surface area contributed by atoms with Crippen LogP contribution in [-0.2, 0) is 0 Å². The van der Waals surface area contributed by atoms with E-state index in [9.17, 15) is 0 Å². The second-order valence-electron chi connectivity index (χ2n) is 3.86. The lowest BCUT2D eigenvalue weighted by atomic mass is 10.1. The van der Waals surface area contributed by atoms with Crippen molar-refractivity contribution in [3.8, 4) is 11.5 Å². The van der Waals surface area contributed by atoms with Crippen molar-refractivity contribution >= 4 is 16.6 Å². The van der Waals surface area contributed by atoms with Crippen LogP contribution in [0.1, 0.15) is 0 Å². The minimum Gasteiger partial charge on any atom is -0.457 e. The van der Waals surface area contributed by atoms with Gasteiger partial charge in [-0.25, -0.2) is 4.98 Å². The first-order valence-electron chi connectivity index (χ1n) is 5.55. The maximum absolute atomic E-state index is 5.84. The summed E-state index contributed by atoms with van der Waals surface area (Å²) >= 11 is 0. The summed E-state index contributed by atoms with van der Waals surface area (Å²) in [5, 5.41) is 1.94. The quantitative estimate of drug-likeness (QED) is 0.744. The van der Waals surface area contributed by atoms with Crippen molar-refractivity contribution in [2.24, 2.45) is 0 Å². The predicted molar refractivity (Wildman–Crippen MR) is 70.5 cm³/mol. The van der Waals surface area contributed by atoms with Crippen molar-refractivity contribution in [2.45, 2.75) is 0 Å². The van der Waals surface area contributed by atoms with Crippen LogP contribution in [0.4, 0.5) is 5.82 Å². The molecule has 88 valence electrons. The Bertz CT molecular complexity index is 683. The highest BCUT2D eigenvalue weighted by Gasteiger charge is 2.02. The molecule has 3 rings (SSSR count). The number of hydrogen-bond acceptors (Lipinski definition) is 4. The third-order valence-corrected chi connectivity index (χ3v) is 2.65. The Morgan fingerprint density at radius 3 is 2.56 bits per heavy atom. The topological polar surface area (TPSA) is 61.0 Å². The van der Waals surface area contributed by atoms with Gasteiger partial charge in [0.2, 0.25) is 0 Å². The smallest absolute Gasteiger partial charge is 0.131 e. The van der Waals surface area contributed by atoms with Crippen molar-refractivity contribution in [1.29, 1.82) is 0 Å². The monoisotopic (exact) mass is 237 g/mol. The molecule has 0 saturated carbocycles. The minimum atomic E-state index is 0.507. The molecule has 3 aromatic rings. The summed E-state index contributed by atoms with van der Waals surface area (Å²) in [4.78, 5) is 8.01. The standard InChI is InChI=1S/C14H11N3O/c15-14-13-9-12(2-1-10(13)3-8-17-14)18-11-4-6-16-7-5-11/h1-9H,(H2,15,17). The Hall–Kier alpha value is -2.62. The van der Waals surface area contributed by atoms with Gasteiger partial charge < -0.3 is 10.5 Å². The number of rotatable bonds is 2. The van der Waals surface area contributed by atoms with E-state index in [-0.39, 0.29) is 0 Å². The van der Waals surface area contributed by atoms with Crippen LogP contribution in [0, 0.1) is 0 Å². The molecule has 0 saturated heterocycles. The lowest BCUT2D eigenvalue weighted by Crippen LogP contribution is -1.91. The molecule has 2 N–H and O–H groups in total.